The SMILES string of the molecule is Cn1c2ccc3ccccc3c2c2ccc3c(c21)C(c1ccccc1)(c1ccccc1)c1ccccc1-3. The average Bonchev–Trinajstić information content (AvgIpc) is 3.44. The molecule has 1 aromatic heterocycles. The standard InChI is InChI=1S/C36H25N/c1-37-32-23-20-24-12-8-9-17-27(24)33(32)30-22-21-29-28-18-10-11-19-31(28)36(34(29)35(30)37,25-13-4-2-5-14-25)26-15-6-3-7-16-26/h2-23H,1H3. The van der Waals surface area contributed by atoms with Crippen molar-refractivity contribution < 1.29 is 0 Å². The van der Waals surface area contributed by atoms with Gasteiger partial charge in [0.2, 0.25) is 0 Å². The van der Waals surface area contributed by atoms with Crippen LogP contribution in [0, 0.1) is 0 Å². The Hall–Kier alpha value is -4.62. The molecule has 0 saturated carbocycles. The van der Waals surface area contributed by atoms with Crippen LogP contribution in [-0.4, -0.2) is 4.57 Å². The van der Waals surface area contributed by atoms with E-state index < -0.39 is 5.41 Å². The summed E-state index contributed by atoms with van der Waals surface area (Å²) in [4.78, 5) is 0. The second kappa shape index (κ2) is 7.44. The van der Waals surface area contributed by atoms with Gasteiger partial charge in [-0.25, -0.2) is 0 Å². The van der Waals surface area contributed by atoms with Crippen molar-refractivity contribution in [3.05, 3.63) is 156 Å². The summed E-state index contributed by atoms with van der Waals surface area (Å²) in [7, 11) is 2.24. The number of rotatable bonds is 2. The maximum absolute atomic E-state index is 2.43. The first-order chi connectivity index (χ1) is 18.3. The fourth-order valence-corrected chi connectivity index (χ4v) is 7.01. The van der Waals surface area contributed by atoms with Gasteiger partial charge in [-0.05, 0) is 44.7 Å². The highest BCUT2D eigenvalue weighted by molar-refractivity contribution is 6.22. The van der Waals surface area contributed by atoms with E-state index in [-0.39, 0.29) is 0 Å². The lowest BCUT2D eigenvalue weighted by atomic mass is 9.67. The minimum atomic E-state index is -0.411. The Morgan fingerprint density at radius 1 is 0.514 bits per heavy atom. The van der Waals surface area contributed by atoms with Gasteiger partial charge in [-0.2, -0.15) is 0 Å². The second-order valence-corrected chi connectivity index (χ2v) is 10.2. The summed E-state index contributed by atoms with van der Waals surface area (Å²) in [5.41, 5.74) is 10.2. The maximum Gasteiger partial charge on any atom is 0.0734 e. The van der Waals surface area contributed by atoms with Gasteiger partial charge in [-0.15, -0.1) is 0 Å². The topological polar surface area (TPSA) is 4.93 Å². The molecule has 0 amide bonds. The number of aromatic nitrogens is 1. The highest BCUT2D eigenvalue weighted by atomic mass is 14.9. The van der Waals surface area contributed by atoms with Gasteiger partial charge in [0.05, 0.1) is 10.9 Å². The predicted octanol–water partition coefficient (Wildman–Crippen LogP) is 8.85. The molecule has 1 heterocycles. The Bertz CT molecular complexity index is 1940. The zero-order chi connectivity index (χ0) is 24.6. The lowest BCUT2D eigenvalue weighted by Gasteiger charge is -2.34. The summed E-state index contributed by atoms with van der Waals surface area (Å²) in [5.74, 6) is 0. The van der Waals surface area contributed by atoms with Gasteiger partial charge in [-0.1, -0.05) is 127 Å². The van der Waals surface area contributed by atoms with Crippen LogP contribution in [0.4, 0.5) is 0 Å². The lowest BCUT2D eigenvalue weighted by molar-refractivity contribution is 0.769. The third-order valence-electron chi connectivity index (χ3n) is 8.46. The van der Waals surface area contributed by atoms with Crippen LogP contribution in [0.2, 0.25) is 0 Å². The maximum atomic E-state index is 2.43. The number of aryl methyl sites for hydroxylation is 1. The van der Waals surface area contributed by atoms with E-state index in [1.54, 1.807) is 0 Å². The predicted molar refractivity (Wildman–Crippen MR) is 155 cm³/mol. The minimum absolute atomic E-state index is 0.411. The van der Waals surface area contributed by atoms with Gasteiger partial charge in [0.15, 0.2) is 0 Å². The summed E-state index contributed by atoms with van der Waals surface area (Å²) in [5, 5.41) is 5.25. The van der Waals surface area contributed by atoms with Crippen LogP contribution in [0.25, 0.3) is 43.7 Å². The zero-order valence-electron chi connectivity index (χ0n) is 20.6. The average molecular weight is 472 g/mol. The van der Waals surface area contributed by atoms with Crippen molar-refractivity contribution in [1.29, 1.82) is 0 Å². The van der Waals surface area contributed by atoms with Crippen LogP contribution in [0.3, 0.4) is 0 Å². The van der Waals surface area contributed by atoms with Crippen LogP contribution < -0.4 is 0 Å². The van der Waals surface area contributed by atoms with Crippen molar-refractivity contribution in [2.45, 2.75) is 5.41 Å². The molecule has 0 spiro atoms. The van der Waals surface area contributed by atoms with Crippen LogP contribution in [0.5, 0.6) is 0 Å². The number of nitrogens with zero attached hydrogens (tertiary/aromatic N) is 1. The molecular formula is C36H25N. The number of fused-ring (bicyclic) bond motifs is 9. The zero-order valence-corrected chi connectivity index (χ0v) is 20.6. The lowest BCUT2D eigenvalue weighted by Crippen LogP contribution is -2.29. The normalized spacial score (nSPS) is 13.8. The fraction of sp³-hybridized carbons (Fsp3) is 0.0556. The number of hydrogen-bond donors (Lipinski definition) is 0. The molecule has 37 heavy (non-hydrogen) atoms. The molecule has 1 nitrogen and oxygen atoms in total. The summed E-state index contributed by atoms with van der Waals surface area (Å²) in [6.07, 6.45) is 0. The summed E-state index contributed by atoms with van der Waals surface area (Å²) in [6, 6.07) is 49.2. The first-order valence-electron chi connectivity index (χ1n) is 12.9. The van der Waals surface area contributed by atoms with Crippen LogP contribution in [-0.2, 0) is 12.5 Å². The smallest absolute Gasteiger partial charge is 0.0734 e. The molecule has 1 aliphatic rings. The van der Waals surface area contributed by atoms with Crippen LogP contribution in [0.15, 0.2) is 133 Å². The van der Waals surface area contributed by atoms with E-state index in [4.69, 9.17) is 0 Å². The fourth-order valence-electron chi connectivity index (χ4n) is 7.01. The van der Waals surface area contributed by atoms with Gasteiger partial charge < -0.3 is 4.57 Å². The van der Waals surface area contributed by atoms with Crippen LogP contribution >= 0.6 is 0 Å². The van der Waals surface area contributed by atoms with Crippen LogP contribution in [0.1, 0.15) is 22.3 Å². The molecule has 0 atom stereocenters. The minimum Gasteiger partial charge on any atom is -0.343 e. The Balaban J connectivity index is 1.65. The Labute approximate surface area is 216 Å². The Morgan fingerprint density at radius 2 is 1.16 bits per heavy atom. The molecule has 0 unspecified atom stereocenters. The Kier molecular flexibility index (Phi) is 4.14. The highest BCUT2D eigenvalue weighted by Crippen LogP contribution is 2.58. The summed E-state index contributed by atoms with van der Waals surface area (Å²) >= 11 is 0. The van der Waals surface area contributed by atoms with Crippen molar-refractivity contribution >= 4 is 32.6 Å². The van der Waals surface area contributed by atoms with Gasteiger partial charge in [0.25, 0.3) is 0 Å². The van der Waals surface area contributed by atoms with Crippen molar-refractivity contribution in [1.82, 2.24) is 4.57 Å². The molecule has 0 N–H and O–H groups in total. The summed E-state index contributed by atoms with van der Waals surface area (Å²) in [6.45, 7) is 0. The molecule has 7 aromatic rings. The molecule has 0 aliphatic heterocycles. The van der Waals surface area contributed by atoms with Crippen molar-refractivity contribution in [3.63, 3.8) is 0 Å². The molecule has 0 radical (unpaired) electrons. The van der Waals surface area contributed by atoms with E-state index in [0.717, 1.165) is 0 Å². The van der Waals surface area contributed by atoms with Crippen molar-refractivity contribution in [2.24, 2.45) is 7.05 Å². The molecule has 8 rings (SSSR count). The van der Waals surface area contributed by atoms with Gasteiger partial charge in [-0.3, -0.25) is 0 Å². The van der Waals surface area contributed by atoms with Crippen molar-refractivity contribution in [3.8, 4) is 11.1 Å². The van der Waals surface area contributed by atoms with E-state index in [9.17, 15) is 0 Å². The molecular weight excluding hydrogens is 446 g/mol. The molecule has 0 saturated heterocycles. The molecule has 0 bridgehead atoms. The molecule has 174 valence electrons. The monoisotopic (exact) mass is 471 g/mol. The number of hydrogen-bond acceptors (Lipinski definition) is 0. The third-order valence-corrected chi connectivity index (χ3v) is 8.46. The van der Waals surface area contributed by atoms with Gasteiger partial charge >= 0.3 is 0 Å². The first-order valence-corrected chi connectivity index (χ1v) is 12.9. The quantitative estimate of drug-likeness (QED) is 0.237. The number of benzene rings is 6. The largest absolute Gasteiger partial charge is 0.343 e. The molecule has 1 heteroatoms. The van der Waals surface area contributed by atoms with Crippen molar-refractivity contribution in [2.75, 3.05) is 0 Å². The van der Waals surface area contributed by atoms with Gasteiger partial charge in [0.1, 0.15) is 0 Å². The molecule has 1 aliphatic carbocycles. The van der Waals surface area contributed by atoms with E-state index in [1.165, 1.54) is 66.0 Å². The molecule has 6 aromatic carbocycles. The van der Waals surface area contributed by atoms with E-state index in [1.807, 2.05) is 0 Å². The Morgan fingerprint density at radius 3 is 1.92 bits per heavy atom. The third kappa shape index (κ3) is 2.53. The molecule has 0 fully saturated rings. The van der Waals surface area contributed by atoms with Gasteiger partial charge in [0, 0.05) is 28.9 Å². The highest BCUT2D eigenvalue weighted by Gasteiger charge is 2.47. The van der Waals surface area contributed by atoms with E-state index in [2.05, 4.69) is 145 Å². The van der Waals surface area contributed by atoms with E-state index >= 15 is 0 Å². The first kappa shape index (κ1) is 20.6. The summed E-state index contributed by atoms with van der Waals surface area (Å²) < 4.78 is 2.43. The second-order valence-electron chi connectivity index (χ2n) is 10.2. The van der Waals surface area contributed by atoms with E-state index in [0.29, 0.717) is 0 Å².